The molecule has 0 unspecified atom stereocenters. The number of hydrogen-bond donors (Lipinski definition) is 2. The van der Waals surface area contributed by atoms with Crippen molar-refractivity contribution in [2.24, 2.45) is 0 Å². The number of ether oxygens (including phenoxy) is 1. The van der Waals surface area contributed by atoms with Gasteiger partial charge in [-0.2, -0.15) is 8.78 Å². The van der Waals surface area contributed by atoms with Crippen LogP contribution < -0.4 is 15.4 Å². The number of carbonyl (C=O) groups is 2. The first-order chi connectivity index (χ1) is 14.3. The van der Waals surface area contributed by atoms with Crippen LogP contribution in [0.2, 0.25) is 0 Å². The summed E-state index contributed by atoms with van der Waals surface area (Å²) in [5.74, 6) is -3.64. The highest BCUT2D eigenvalue weighted by molar-refractivity contribution is 6.08. The molecule has 0 aliphatic heterocycles. The molecule has 3 aromatic rings. The molecule has 3 rings (SSSR count). The van der Waals surface area contributed by atoms with E-state index in [1.165, 1.54) is 18.2 Å². The van der Waals surface area contributed by atoms with Crippen LogP contribution in [-0.4, -0.2) is 18.5 Å². The Morgan fingerprint density at radius 2 is 1.53 bits per heavy atom. The zero-order valence-corrected chi connectivity index (χ0v) is 15.2. The average molecular weight is 418 g/mol. The second-order valence-electron chi connectivity index (χ2n) is 5.96. The molecular weight excluding hydrogens is 404 g/mol. The van der Waals surface area contributed by atoms with Gasteiger partial charge in [0.05, 0.1) is 0 Å². The highest BCUT2D eigenvalue weighted by atomic mass is 19.3. The van der Waals surface area contributed by atoms with Crippen molar-refractivity contribution in [1.82, 2.24) is 5.32 Å². The number of amides is 3. The third kappa shape index (κ3) is 4.93. The first-order valence-corrected chi connectivity index (χ1v) is 8.56. The van der Waals surface area contributed by atoms with E-state index in [1.54, 1.807) is 30.3 Å². The van der Waals surface area contributed by atoms with Crippen molar-refractivity contribution in [1.29, 1.82) is 0 Å². The molecule has 0 saturated heterocycles. The standard InChI is InChI=1S/C21H14F4N2O3/c22-15-7-4-8-16(23)18(15)19(28)27-21(29)26-13-9-10-17(30-20(24)25)14(11-13)12-5-2-1-3-6-12/h1-11,20H,(H2,26,27,28,29). The van der Waals surface area contributed by atoms with E-state index in [-0.39, 0.29) is 17.0 Å². The molecule has 0 aliphatic carbocycles. The highest BCUT2D eigenvalue weighted by Crippen LogP contribution is 2.33. The number of hydrogen-bond acceptors (Lipinski definition) is 3. The van der Waals surface area contributed by atoms with Gasteiger partial charge in [0.2, 0.25) is 0 Å². The normalized spacial score (nSPS) is 10.6. The summed E-state index contributed by atoms with van der Waals surface area (Å²) in [5, 5.41) is 4.13. The van der Waals surface area contributed by atoms with Gasteiger partial charge in [-0.15, -0.1) is 0 Å². The number of urea groups is 1. The lowest BCUT2D eigenvalue weighted by molar-refractivity contribution is -0.0494. The van der Waals surface area contributed by atoms with E-state index in [4.69, 9.17) is 0 Å². The third-order valence-corrected chi connectivity index (χ3v) is 3.96. The Hall–Kier alpha value is -3.88. The van der Waals surface area contributed by atoms with Gasteiger partial charge in [0, 0.05) is 11.3 Å². The lowest BCUT2D eigenvalue weighted by atomic mass is 10.0. The zero-order chi connectivity index (χ0) is 21.7. The molecule has 30 heavy (non-hydrogen) atoms. The van der Waals surface area contributed by atoms with E-state index in [1.807, 2.05) is 5.32 Å². The van der Waals surface area contributed by atoms with Crippen molar-refractivity contribution in [2.45, 2.75) is 6.61 Å². The van der Waals surface area contributed by atoms with Crippen molar-refractivity contribution < 1.29 is 31.9 Å². The molecule has 154 valence electrons. The predicted octanol–water partition coefficient (Wildman–Crippen LogP) is 5.20. The Labute approximate surface area is 168 Å². The van der Waals surface area contributed by atoms with Gasteiger partial charge in [-0.25, -0.2) is 13.6 Å². The fourth-order valence-electron chi connectivity index (χ4n) is 2.69. The number of imide groups is 1. The molecule has 3 amide bonds. The van der Waals surface area contributed by atoms with E-state index >= 15 is 0 Å². The number of nitrogens with one attached hydrogen (secondary N) is 2. The molecule has 0 aliphatic rings. The van der Waals surface area contributed by atoms with E-state index in [0.717, 1.165) is 18.2 Å². The Morgan fingerprint density at radius 1 is 0.867 bits per heavy atom. The minimum absolute atomic E-state index is 0.119. The van der Waals surface area contributed by atoms with Gasteiger partial charge in [-0.1, -0.05) is 36.4 Å². The van der Waals surface area contributed by atoms with E-state index in [0.29, 0.717) is 5.56 Å². The molecule has 3 aromatic carbocycles. The number of benzene rings is 3. The Morgan fingerprint density at radius 3 is 2.17 bits per heavy atom. The maximum atomic E-state index is 13.7. The molecule has 0 fully saturated rings. The van der Waals surface area contributed by atoms with Gasteiger partial charge in [0.25, 0.3) is 5.91 Å². The molecule has 0 spiro atoms. The van der Waals surface area contributed by atoms with Crippen LogP contribution >= 0.6 is 0 Å². The van der Waals surface area contributed by atoms with Gasteiger partial charge in [-0.05, 0) is 35.9 Å². The fourth-order valence-corrected chi connectivity index (χ4v) is 2.69. The van der Waals surface area contributed by atoms with Crippen molar-refractivity contribution >= 4 is 17.6 Å². The number of alkyl halides is 2. The SMILES string of the molecule is O=C(NC(=O)c1c(F)cccc1F)Nc1ccc(OC(F)F)c(-c2ccccc2)c1. The number of rotatable bonds is 5. The van der Waals surface area contributed by atoms with Crippen molar-refractivity contribution in [2.75, 3.05) is 5.32 Å². The summed E-state index contributed by atoms with van der Waals surface area (Å²) in [6.07, 6.45) is 0. The van der Waals surface area contributed by atoms with Crippen molar-refractivity contribution in [3.8, 4) is 16.9 Å². The van der Waals surface area contributed by atoms with Crippen LogP contribution in [-0.2, 0) is 0 Å². The lowest BCUT2D eigenvalue weighted by Crippen LogP contribution is -2.35. The Bertz CT molecular complexity index is 1050. The predicted molar refractivity (Wildman–Crippen MR) is 101 cm³/mol. The summed E-state index contributed by atoms with van der Waals surface area (Å²) in [5.41, 5.74) is 0.0370. The molecule has 5 nitrogen and oxygen atoms in total. The minimum Gasteiger partial charge on any atom is -0.434 e. The average Bonchev–Trinajstić information content (AvgIpc) is 2.69. The van der Waals surface area contributed by atoms with E-state index in [9.17, 15) is 27.2 Å². The molecule has 0 heterocycles. The fraction of sp³-hybridized carbons (Fsp3) is 0.0476. The second-order valence-corrected chi connectivity index (χ2v) is 5.96. The Balaban J connectivity index is 1.81. The number of halogens is 4. The van der Waals surface area contributed by atoms with Crippen LogP contribution in [0.15, 0.2) is 66.7 Å². The second kappa shape index (κ2) is 9.08. The summed E-state index contributed by atoms with van der Waals surface area (Å²) >= 11 is 0. The molecule has 0 saturated carbocycles. The van der Waals surface area contributed by atoms with Crippen LogP contribution in [0.3, 0.4) is 0 Å². The van der Waals surface area contributed by atoms with Gasteiger partial charge >= 0.3 is 12.6 Å². The minimum atomic E-state index is -3.05. The zero-order valence-electron chi connectivity index (χ0n) is 15.2. The van der Waals surface area contributed by atoms with Crippen molar-refractivity contribution in [3.05, 3.63) is 83.9 Å². The smallest absolute Gasteiger partial charge is 0.387 e. The largest absolute Gasteiger partial charge is 0.434 e. The van der Waals surface area contributed by atoms with Crippen LogP contribution in [0.25, 0.3) is 11.1 Å². The number of carbonyl (C=O) groups excluding carboxylic acids is 2. The quantitative estimate of drug-likeness (QED) is 0.560. The van der Waals surface area contributed by atoms with Crippen LogP contribution in [0.5, 0.6) is 5.75 Å². The molecule has 9 heteroatoms. The molecule has 0 atom stereocenters. The highest BCUT2D eigenvalue weighted by Gasteiger charge is 2.20. The summed E-state index contributed by atoms with van der Waals surface area (Å²) in [6, 6.07) is 14.1. The first kappa shape index (κ1) is 20.8. The summed E-state index contributed by atoms with van der Waals surface area (Å²) in [4.78, 5) is 24.1. The van der Waals surface area contributed by atoms with Gasteiger partial charge in [0.1, 0.15) is 22.9 Å². The van der Waals surface area contributed by atoms with E-state index in [2.05, 4.69) is 10.1 Å². The van der Waals surface area contributed by atoms with Crippen LogP contribution in [0, 0.1) is 11.6 Å². The van der Waals surface area contributed by atoms with Gasteiger partial charge in [-0.3, -0.25) is 10.1 Å². The summed E-state index contributed by atoms with van der Waals surface area (Å²) in [7, 11) is 0. The van der Waals surface area contributed by atoms with E-state index < -0.39 is 35.7 Å². The molecule has 0 radical (unpaired) electrons. The number of anilines is 1. The maximum absolute atomic E-state index is 13.7. The lowest BCUT2D eigenvalue weighted by Gasteiger charge is -2.14. The Kier molecular flexibility index (Phi) is 6.31. The topological polar surface area (TPSA) is 67.4 Å². The monoisotopic (exact) mass is 418 g/mol. The summed E-state index contributed by atoms with van der Waals surface area (Å²) < 4.78 is 57.2. The molecule has 2 N–H and O–H groups in total. The van der Waals surface area contributed by atoms with Gasteiger partial charge in [0.15, 0.2) is 0 Å². The molecular formula is C21H14F4N2O3. The van der Waals surface area contributed by atoms with Gasteiger partial charge < -0.3 is 10.1 Å². The van der Waals surface area contributed by atoms with Crippen LogP contribution in [0.1, 0.15) is 10.4 Å². The third-order valence-electron chi connectivity index (χ3n) is 3.96. The molecule has 0 bridgehead atoms. The van der Waals surface area contributed by atoms with Crippen molar-refractivity contribution in [3.63, 3.8) is 0 Å². The first-order valence-electron chi connectivity index (χ1n) is 8.56. The molecule has 0 aromatic heterocycles. The van der Waals surface area contributed by atoms with Crippen LogP contribution in [0.4, 0.5) is 28.0 Å². The summed E-state index contributed by atoms with van der Waals surface area (Å²) in [6.45, 7) is -3.05. The maximum Gasteiger partial charge on any atom is 0.387 e.